The van der Waals surface area contributed by atoms with Crippen molar-refractivity contribution in [2.75, 3.05) is 0 Å². The Morgan fingerprint density at radius 3 is 3.08 bits per heavy atom. The third-order valence-electron chi connectivity index (χ3n) is 1.84. The van der Waals surface area contributed by atoms with Gasteiger partial charge in [-0.3, -0.25) is 4.40 Å². The number of hydrogen-bond donors (Lipinski definition) is 1. The lowest BCUT2D eigenvalue weighted by molar-refractivity contribution is 0.321. The predicted octanol–water partition coefficient (Wildman–Crippen LogP) is 1.82. The third kappa shape index (κ3) is 1.21. The molecule has 0 radical (unpaired) electrons. The van der Waals surface area contributed by atoms with Gasteiger partial charge in [0.15, 0.2) is 4.96 Å². The van der Waals surface area contributed by atoms with E-state index in [-0.39, 0.29) is 0 Å². The molecule has 2 heterocycles. The van der Waals surface area contributed by atoms with Crippen molar-refractivity contribution in [1.82, 2.24) is 9.38 Å². The maximum Gasteiger partial charge on any atom is 0.194 e. The lowest BCUT2D eigenvalue weighted by atomic mass is 10.4. The fourth-order valence-corrected chi connectivity index (χ4v) is 2.17. The summed E-state index contributed by atoms with van der Waals surface area (Å²) in [5, 5.41) is 11.5. The largest absolute Gasteiger partial charge is 0.411 e. The topological polar surface area (TPSA) is 49.9 Å². The average molecular weight is 195 g/mol. The molecule has 0 saturated heterocycles. The number of nitrogens with zero attached hydrogens (tertiary/aromatic N) is 3. The molecule has 0 bridgehead atoms. The molecule has 0 aliphatic rings. The summed E-state index contributed by atoms with van der Waals surface area (Å²) in [5.41, 5.74) is 1.71. The van der Waals surface area contributed by atoms with E-state index in [9.17, 15) is 0 Å². The zero-order valence-electron chi connectivity index (χ0n) is 7.35. The Labute approximate surface area is 79.1 Å². The summed E-state index contributed by atoms with van der Waals surface area (Å²) in [5.74, 6) is 0. The van der Waals surface area contributed by atoms with Crippen molar-refractivity contribution in [2.45, 2.75) is 13.8 Å². The highest BCUT2D eigenvalue weighted by Crippen LogP contribution is 2.19. The van der Waals surface area contributed by atoms with Crippen molar-refractivity contribution >= 4 is 22.5 Å². The van der Waals surface area contributed by atoms with E-state index < -0.39 is 0 Å². The Balaban J connectivity index is 2.75. The smallest absolute Gasteiger partial charge is 0.194 e. The lowest BCUT2D eigenvalue weighted by Crippen LogP contribution is -1.89. The van der Waals surface area contributed by atoms with Crippen LogP contribution in [0, 0.1) is 13.8 Å². The first-order valence-electron chi connectivity index (χ1n) is 3.85. The Morgan fingerprint density at radius 1 is 1.62 bits per heavy atom. The molecule has 0 aromatic carbocycles. The number of imidazole rings is 1. The first-order valence-corrected chi connectivity index (χ1v) is 4.66. The molecule has 0 aliphatic heterocycles. The summed E-state index contributed by atoms with van der Waals surface area (Å²) in [4.78, 5) is 6.46. The molecule has 2 aromatic heterocycles. The summed E-state index contributed by atoms with van der Waals surface area (Å²) in [6, 6.07) is 0. The molecule has 0 spiro atoms. The molecule has 1 N–H and O–H groups in total. The number of fused-ring (bicyclic) bond motifs is 1. The molecule has 0 saturated carbocycles. The Hall–Kier alpha value is -1.36. The monoisotopic (exact) mass is 195 g/mol. The van der Waals surface area contributed by atoms with Gasteiger partial charge >= 0.3 is 0 Å². The van der Waals surface area contributed by atoms with Gasteiger partial charge in [0, 0.05) is 11.1 Å². The van der Waals surface area contributed by atoms with Crippen molar-refractivity contribution in [3.05, 3.63) is 22.5 Å². The maximum absolute atomic E-state index is 8.46. The van der Waals surface area contributed by atoms with Crippen LogP contribution in [-0.4, -0.2) is 20.8 Å². The predicted molar refractivity (Wildman–Crippen MR) is 51.9 cm³/mol. The molecule has 0 fully saturated rings. The van der Waals surface area contributed by atoms with Crippen LogP contribution in [0.4, 0.5) is 0 Å². The second kappa shape index (κ2) is 2.85. The Morgan fingerprint density at radius 2 is 2.38 bits per heavy atom. The van der Waals surface area contributed by atoms with E-state index >= 15 is 0 Å². The van der Waals surface area contributed by atoms with Crippen LogP contribution in [0.3, 0.4) is 0 Å². The lowest BCUT2D eigenvalue weighted by Gasteiger charge is -1.89. The van der Waals surface area contributed by atoms with E-state index in [4.69, 9.17) is 5.21 Å². The minimum atomic E-state index is 0.835. The van der Waals surface area contributed by atoms with Gasteiger partial charge in [-0.05, 0) is 13.8 Å². The molecular weight excluding hydrogens is 186 g/mol. The molecule has 68 valence electrons. The second-order valence-electron chi connectivity index (χ2n) is 2.82. The summed E-state index contributed by atoms with van der Waals surface area (Å²) >= 11 is 1.62. The highest BCUT2D eigenvalue weighted by atomic mass is 32.1. The van der Waals surface area contributed by atoms with Gasteiger partial charge in [0.2, 0.25) is 0 Å². The van der Waals surface area contributed by atoms with Gasteiger partial charge in [0.25, 0.3) is 0 Å². The molecule has 0 amide bonds. The van der Waals surface area contributed by atoms with E-state index in [2.05, 4.69) is 10.1 Å². The third-order valence-corrected chi connectivity index (χ3v) is 2.74. The zero-order valence-corrected chi connectivity index (χ0v) is 8.17. The van der Waals surface area contributed by atoms with Crippen molar-refractivity contribution in [1.29, 1.82) is 0 Å². The number of thiazole rings is 1. The van der Waals surface area contributed by atoms with Gasteiger partial charge in [-0.15, -0.1) is 11.3 Å². The highest BCUT2D eigenvalue weighted by Gasteiger charge is 2.08. The summed E-state index contributed by atoms with van der Waals surface area (Å²) in [6.45, 7) is 3.92. The van der Waals surface area contributed by atoms with Crippen LogP contribution < -0.4 is 0 Å². The summed E-state index contributed by atoms with van der Waals surface area (Å²) in [7, 11) is 0. The number of aryl methyl sites for hydroxylation is 2. The van der Waals surface area contributed by atoms with Gasteiger partial charge in [-0.25, -0.2) is 4.98 Å². The molecule has 13 heavy (non-hydrogen) atoms. The first kappa shape index (κ1) is 8.25. The van der Waals surface area contributed by atoms with E-state index in [1.165, 1.54) is 11.1 Å². The summed E-state index contributed by atoms with van der Waals surface area (Å²) < 4.78 is 1.93. The van der Waals surface area contributed by atoms with Gasteiger partial charge in [-0.1, -0.05) is 5.16 Å². The Bertz CT molecular complexity index is 469. The number of rotatable bonds is 1. The number of aromatic nitrogens is 2. The minimum absolute atomic E-state index is 0.835. The van der Waals surface area contributed by atoms with Crippen molar-refractivity contribution in [3.63, 3.8) is 0 Å². The average Bonchev–Trinajstić information content (AvgIpc) is 2.52. The first-order chi connectivity index (χ1) is 6.22. The molecule has 0 aliphatic carbocycles. The maximum atomic E-state index is 8.46. The van der Waals surface area contributed by atoms with Crippen LogP contribution in [-0.2, 0) is 0 Å². The van der Waals surface area contributed by atoms with Crippen LogP contribution in [0.15, 0.2) is 11.4 Å². The fourth-order valence-electron chi connectivity index (χ4n) is 1.29. The number of hydrogen-bond acceptors (Lipinski definition) is 4. The van der Waals surface area contributed by atoms with Crippen LogP contribution >= 0.6 is 11.3 Å². The highest BCUT2D eigenvalue weighted by molar-refractivity contribution is 7.17. The molecule has 0 atom stereocenters. The Kier molecular flexibility index (Phi) is 1.81. The van der Waals surface area contributed by atoms with E-state index in [1.54, 1.807) is 11.3 Å². The SMILES string of the molecule is Cc1cn2c(/C=N/O)c(C)nc2s1. The number of oxime groups is 1. The second-order valence-corrected chi connectivity index (χ2v) is 4.03. The minimum Gasteiger partial charge on any atom is -0.411 e. The fraction of sp³-hybridized carbons (Fsp3) is 0.250. The van der Waals surface area contributed by atoms with Crippen molar-refractivity contribution in [3.8, 4) is 0 Å². The van der Waals surface area contributed by atoms with Gasteiger partial charge in [0.05, 0.1) is 17.6 Å². The zero-order chi connectivity index (χ0) is 9.42. The van der Waals surface area contributed by atoms with E-state index in [1.807, 2.05) is 24.4 Å². The van der Waals surface area contributed by atoms with Crippen molar-refractivity contribution < 1.29 is 5.21 Å². The molecule has 2 rings (SSSR count). The van der Waals surface area contributed by atoms with Crippen LogP contribution in [0.25, 0.3) is 4.96 Å². The van der Waals surface area contributed by atoms with Crippen LogP contribution in [0.1, 0.15) is 16.3 Å². The summed E-state index contributed by atoms with van der Waals surface area (Å²) in [6.07, 6.45) is 3.39. The molecule has 4 nitrogen and oxygen atoms in total. The van der Waals surface area contributed by atoms with Gasteiger partial charge < -0.3 is 5.21 Å². The van der Waals surface area contributed by atoms with Crippen molar-refractivity contribution in [2.24, 2.45) is 5.16 Å². The van der Waals surface area contributed by atoms with Crippen LogP contribution in [0.2, 0.25) is 0 Å². The normalized spacial score (nSPS) is 11.8. The van der Waals surface area contributed by atoms with Gasteiger partial charge in [-0.2, -0.15) is 0 Å². The quantitative estimate of drug-likeness (QED) is 0.428. The molecule has 5 heteroatoms. The van der Waals surface area contributed by atoms with Crippen LogP contribution in [0.5, 0.6) is 0 Å². The van der Waals surface area contributed by atoms with Gasteiger partial charge in [0.1, 0.15) is 0 Å². The van der Waals surface area contributed by atoms with E-state index in [0.29, 0.717) is 0 Å². The molecule has 2 aromatic rings. The molecular formula is C8H9N3OS. The molecule has 0 unspecified atom stereocenters. The standard InChI is InChI=1S/C8H9N3OS/c1-5-4-11-7(3-9-12)6(2)10-8(11)13-5/h3-4,12H,1-2H3/b9-3+. The van der Waals surface area contributed by atoms with E-state index in [0.717, 1.165) is 16.3 Å².